The zero-order valence-corrected chi connectivity index (χ0v) is 21.3. The summed E-state index contributed by atoms with van der Waals surface area (Å²) in [4.78, 5) is 12.6. The predicted molar refractivity (Wildman–Crippen MR) is 141 cm³/mol. The first kappa shape index (κ1) is 26.1. The number of nitrogens with zero attached hydrogens (tertiary/aromatic N) is 2. The molecule has 3 N–H and O–H groups in total. The van der Waals surface area contributed by atoms with Gasteiger partial charge < -0.3 is 15.2 Å². The number of amides is 1. The lowest BCUT2D eigenvalue weighted by Crippen LogP contribution is -2.12. The van der Waals surface area contributed by atoms with Gasteiger partial charge in [-0.15, -0.1) is 10.2 Å². The smallest absolute Gasteiger partial charge is 0.296 e. The number of benzene rings is 4. The zero-order chi connectivity index (χ0) is 26.7. The second-order valence-corrected chi connectivity index (χ2v) is 9.72. The van der Waals surface area contributed by atoms with E-state index in [4.69, 9.17) is 16.3 Å². The first-order valence-electron chi connectivity index (χ1n) is 11.0. The molecule has 0 radical (unpaired) electrons. The lowest BCUT2D eigenvalue weighted by molar-refractivity contribution is 0.102. The molecule has 0 bridgehead atoms. The van der Waals surface area contributed by atoms with Gasteiger partial charge in [-0.25, -0.2) is 0 Å². The van der Waals surface area contributed by atoms with E-state index >= 15 is 0 Å². The number of halogens is 1. The molecule has 0 saturated carbocycles. The molecule has 0 spiro atoms. The van der Waals surface area contributed by atoms with Gasteiger partial charge in [0, 0.05) is 16.1 Å². The van der Waals surface area contributed by atoms with Crippen molar-refractivity contribution in [1.82, 2.24) is 0 Å². The number of methoxy groups -OCH3 is 1. The fraction of sp³-hybridized carbons (Fsp3) is 0.115. The predicted octanol–water partition coefficient (Wildman–Crippen LogP) is 6.68. The third-order valence-corrected chi connectivity index (χ3v) is 6.90. The molecular weight excluding hydrogens is 518 g/mol. The monoisotopic (exact) mass is 539 g/mol. The van der Waals surface area contributed by atoms with Gasteiger partial charge in [0.1, 0.15) is 22.0 Å². The molecule has 1 amide bonds. The molecule has 9 nitrogen and oxygen atoms in total. The van der Waals surface area contributed by atoms with Gasteiger partial charge in [-0.05, 0) is 59.8 Å². The Hall–Kier alpha value is -3.99. The minimum absolute atomic E-state index is 0.0544. The maximum absolute atomic E-state index is 13.1. The van der Waals surface area contributed by atoms with E-state index in [2.05, 4.69) is 15.5 Å². The van der Waals surface area contributed by atoms with Gasteiger partial charge in [-0.1, -0.05) is 42.8 Å². The summed E-state index contributed by atoms with van der Waals surface area (Å²) >= 11 is 6.23. The van der Waals surface area contributed by atoms with Crippen LogP contribution in [0.3, 0.4) is 0 Å². The van der Waals surface area contributed by atoms with Crippen molar-refractivity contribution in [3.8, 4) is 11.5 Å². The van der Waals surface area contributed by atoms with Crippen LogP contribution in [0.1, 0.15) is 22.8 Å². The van der Waals surface area contributed by atoms with Gasteiger partial charge in [0.15, 0.2) is 5.75 Å². The molecule has 0 aromatic heterocycles. The Morgan fingerprint density at radius 2 is 1.70 bits per heavy atom. The van der Waals surface area contributed by atoms with Gasteiger partial charge in [0.2, 0.25) is 0 Å². The number of azo groups is 1. The van der Waals surface area contributed by atoms with Crippen LogP contribution >= 0.6 is 11.6 Å². The first-order valence-corrected chi connectivity index (χ1v) is 12.9. The molecule has 190 valence electrons. The minimum Gasteiger partial charge on any atom is -0.505 e. The Bertz CT molecular complexity index is 1640. The summed E-state index contributed by atoms with van der Waals surface area (Å²) in [6.45, 7) is 1.74. The summed E-state index contributed by atoms with van der Waals surface area (Å²) in [5, 5.41) is 23.3. The van der Waals surface area contributed by atoms with Gasteiger partial charge in [-0.2, -0.15) is 8.42 Å². The Balaban J connectivity index is 1.84. The number of carbonyl (C=O) groups excluding carboxylic acids is 1. The number of ether oxygens (including phenoxy) is 1. The molecule has 37 heavy (non-hydrogen) atoms. The molecule has 0 aliphatic heterocycles. The number of aromatic hydroxyl groups is 1. The van der Waals surface area contributed by atoms with Crippen LogP contribution < -0.4 is 10.1 Å². The number of hydrogen-bond donors (Lipinski definition) is 3. The summed E-state index contributed by atoms with van der Waals surface area (Å²) < 4.78 is 38.8. The van der Waals surface area contributed by atoms with Crippen LogP contribution in [0.2, 0.25) is 5.02 Å². The van der Waals surface area contributed by atoms with Gasteiger partial charge in [0.25, 0.3) is 16.0 Å². The molecule has 0 aliphatic carbocycles. The van der Waals surface area contributed by atoms with Gasteiger partial charge in [0.05, 0.1) is 12.7 Å². The van der Waals surface area contributed by atoms with E-state index in [0.29, 0.717) is 34.2 Å². The van der Waals surface area contributed by atoms with Crippen LogP contribution in [-0.2, 0) is 16.5 Å². The lowest BCUT2D eigenvalue weighted by Gasteiger charge is -2.12. The Kier molecular flexibility index (Phi) is 7.44. The fourth-order valence-corrected chi connectivity index (χ4v) is 4.74. The largest absolute Gasteiger partial charge is 0.505 e. The average Bonchev–Trinajstić information content (AvgIpc) is 2.87. The quantitative estimate of drug-likeness (QED) is 0.177. The topological polar surface area (TPSA) is 138 Å². The zero-order valence-electron chi connectivity index (χ0n) is 19.8. The van der Waals surface area contributed by atoms with Crippen LogP contribution in [0.5, 0.6) is 11.5 Å². The first-order chi connectivity index (χ1) is 17.6. The highest BCUT2D eigenvalue weighted by Gasteiger charge is 2.22. The van der Waals surface area contributed by atoms with E-state index in [0.717, 1.165) is 6.07 Å². The summed E-state index contributed by atoms with van der Waals surface area (Å²) in [5.41, 5.74) is 0.541. The molecule has 4 aromatic rings. The van der Waals surface area contributed by atoms with Crippen LogP contribution in [-0.4, -0.2) is 31.1 Å². The van der Waals surface area contributed by atoms with Crippen molar-refractivity contribution in [2.75, 3.05) is 12.4 Å². The molecule has 0 heterocycles. The van der Waals surface area contributed by atoms with Crippen molar-refractivity contribution >= 4 is 55.5 Å². The number of anilines is 1. The minimum atomic E-state index is -4.65. The third-order valence-electron chi connectivity index (χ3n) is 5.66. The highest BCUT2D eigenvalue weighted by atomic mass is 35.5. The third kappa shape index (κ3) is 5.41. The van der Waals surface area contributed by atoms with Crippen molar-refractivity contribution in [1.29, 1.82) is 0 Å². The van der Waals surface area contributed by atoms with Crippen molar-refractivity contribution in [2.24, 2.45) is 10.2 Å². The molecule has 0 fully saturated rings. The summed E-state index contributed by atoms with van der Waals surface area (Å²) in [6.07, 6.45) is 0.299. The molecular formula is C26H22ClN3O6S. The summed E-state index contributed by atoms with van der Waals surface area (Å²) in [5.74, 6) is -0.437. The number of rotatable bonds is 7. The fourth-order valence-electron chi connectivity index (χ4n) is 3.81. The normalized spacial score (nSPS) is 11.7. The standard InChI is InChI=1S/C26H22ClN3O6S/c1-3-18-21(27)12-13-22(37(33,34)35)23(18)29-30-24-19-7-5-4-6-15(19)14-20(25(24)31)26(32)28-16-8-10-17(36-2)11-9-16/h4-14,31H,3H2,1-2H3,(H,28,32)(H,33,34,35). The van der Waals surface area contributed by atoms with Crippen molar-refractivity contribution < 1.29 is 27.6 Å². The van der Waals surface area contributed by atoms with E-state index in [1.165, 1.54) is 19.2 Å². The molecule has 0 unspecified atom stereocenters. The molecule has 0 atom stereocenters. The lowest BCUT2D eigenvalue weighted by atomic mass is 10.0. The van der Waals surface area contributed by atoms with Crippen molar-refractivity contribution in [2.45, 2.75) is 18.2 Å². The second kappa shape index (κ2) is 10.6. The average molecular weight is 540 g/mol. The molecule has 0 saturated heterocycles. The van der Waals surface area contributed by atoms with E-state index in [-0.39, 0.29) is 22.0 Å². The van der Waals surface area contributed by atoms with Crippen LogP contribution in [0.15, 0.2) is 81.9 Å². The Morgan fingerprint density at radius 1 is 1.03 bits per heavy atom. The van der Waals surface area contributed by atoms with Gasteiger partial charge >= 0.3 is 0 Å². The highest BCUT2D eigenvalue weighted by molar-refractivity contribution is 7.86. The summed E-state index contributed by atoms with van der Waals surface area (Å²) in [7, 11) is -3.12. The van der Waals surface area contributed by atoms with E-state index in [1.54, 1.807) is 55.5 Å². The molecule has 4 aromatic carbocycles. The van der Waals surface area contributed by atoms with Gasteiger partial charge in [-0.3, -0.25) is 9.35 Å². The second-order valence-electron chi connectivity index (χ2n) is 7.93. The number of phenolic OH excluding ortho intramolecular Hbond substituents is 1. The number of nitrogens with one attached hydrogen (secondary N) is 1. The number of phenols is 1. The maximum Gasteiger partial charge on any atom is 0.296 e. The molecule has 0 aliphatic rings. The van der Waals surface area contributed by atoms with Crippen molar-refractivity contribution in [3.63, 3.8) is 0 Å². The van der Waals surface area contributed by atoms with E-state index in [9.17, 15) is 22.9 Å². The Labute approximate surface area is 218 Å². The van der Waals surface area contributed by atoms with Crippen molar-refractivity contribution in [3.05, 3.63) is 82.9 Å². The van der Waals surface area contributed by atoms with E-state index < -0.39 is 26.7 Å². The summed E-state index contributed by atoms with van der Waals surface area (Å²) in [6, 6.07) is 17.5. The number of fused-ring (bicyclic) bond motifs is 1. The molecule has 11 heteroatoms. The maximum atomic E-state index is 13.1. The number of carbonyl (C=O) groups is 1. The Morgan fingerprint density at radius 3 is 2.35 bits per heavy atom. The SMILES string of the molecule is CCc1c(Cl)ccc(S(=O)(=O)O)c1N=Nc1c(O)c(C(=O)Nc2ccc(OC)cc2)cc2ccccc12. The number of hydrogen-bond acceptors (Lipinski definition) is 7. The highest BCUT2D eigenvalue weighted by Crippen LogP contribution is 2.41. The van der Waals surface area contributed by atoms with E-state index in [1.807, 2.05) is 0 Å². The van der Waals surface area contributed by atoms with Crippen LogP contribution in [0, 0.1) is 0 Å². The van der Waals surface area contributed by atoms with Crippen LogP contribution in [0.4, 0.5) is 17.1 Å². The van der Waals surface area contributed by atoms with Crippen LogP contribution in [0.25, 0.3) is 10.8 Å². The molecule has 4 rings (SSSR count).